The summed E-state index contributed by atoms with van der Waals surface area (Å²) in [4.78, 5) is 9.60. The van der Waals surface area contributed by atoms with E-state index in [9.17, 15) is 4.79 Å². The molecule has 1 heterocycles. The molecule has 0 amide bonds. The van der Waals surface area contributed by atoms with E-state index in [2.05, 4.69) is 0 Å². The number of nitrogen functional groups attached to an aromatic ring is 1. The molecule has 0 radical (unpaired) electrons. The van der Waals surface area contributed by atoms with Crippen LogP contribution >= 0.6 is 23.7 Å². The lowest BCUT2D eigenvalue weighted by molar-refractivity contribution is -0.137. The SMILES string of the molecule is CCCC(=O)O.Cl.Nc1ccsc1. The fraction of sp³-hybridized carbons (Fsp3) is 0.375. The minimum absolute atomic E-state index is 0. The van der Waals surface area contributed by atoms with Crippen molar-refractivity contribution in [3.05, 3.63) is 16.8 Å². The first-order chi connectivity index (χ1) is 5.66. The zero-order valence-corrected chi connectivity index (χ0v) is 9.03. The molecule has 1 aromatic heterocycles. The van der Waals surface area contributed by atoms with Crippen LogP contribution in [0.2, 0.25) is 0 Å². The molecule has 1 rings (SSSR count). The summed E-state index contributed by atoms with van der Waals surface area (Å²) in [5.74, 6) is -0.711. The number of thiophene rings is 1. The average molecular weight is 224 g/mol. The number of carboxylic acids is 1. The minimum atomic E-state index is -0.711. The Morgan fingerprint density at radius 3 is 2.38 bits per heavy atom. The smallest absolute Gasteiger partial charge is 0.303 e. The first-order valence-corrected chi connectivity index (χ1v) is 4.60. The Balaban J connectivity index is 0. The zero-order chi connectivity index (χ0) is 9.40. The van der Waals surface area contributed by atoms with E-state index in [1.807, 2.05) is 23.8 Å². The molecule has 0 aliphatic carbocycles. The normalized spacial score (nSPS) is 7.77. The van der Waals surface area contributed by atoms with Gasteiger partial charge in [-0.05, 0) is 17.9 Å². The van der Waals surface area contributed by atoms with Gasteiger partial charge < -0.3 is 10.8 Å². The van der Waals surface area contributed by atoms with Gasteiger partial charge in [-0.3, -0.25) is 4.79 Å². The number of hydrogen-bond acceptors (Lipinski definition) is 3. The monoisotopic (exact) mass is 223 g/mol. The van der Waals surface area contributed by atoms with Crippen molar-refractivity contribution in [1.82, 2.24) is 0 Å². The molecule has 0 aliphatic rings. The van der Waals surface area contributed by atoms with Gasteiger partial charge in [0.2, 0.25) is 0 Å². The summed E-state index contributed by atoms with van der Waals surface area (Å²) in [5, 5.41) is 11.8. The second-order valence-electron chi connectivity index (χ2n) is 2.20. The van der Waals surface area contributed by atoms with Gasteiger partial charge in [-0.25, -0.2) is 0 Å². The van der Waals surface area contributed by atoms with Gasteiger partial charge in [0.05, 0.1) is 0 Å². The van der Waals surface area contributed by atoms with Crippen molar-refractivity contribution in [3.8, 4) is 0 Å². The van der Waals surface area contributed by atoms with E-state index in [-0.39, 0.29) is 12.4 Å². The van der Waals surface area contributed by atoms with Crippen LogP contribution < -0.4 is 5.73 Å². The number of aliphatic carboxylic acids is 1. The van der Waals surface area contributed by atoms with Gasteiger partial charge in [0.25, 0.3) is 0 Å². The van der Waals surface area contributed by atoms with Crippen molar-refractivity contribution >= 4 is 35.4 Å². The van der Waals surface area contributed by atoms with Gasteiger partial charge in [-0.2, -0.15) is 11.3 Å². The third-order valence-corrected chi connectivity index (χ3v) is 1.71. The summed E-state index contributed by atoms with van der Waals surface area (Å²) in [5.41, 5.74) is 6.15. The lowest BCUT2D eigenvalue weighted by atomic mass is 10.4. The fourth-order valence-electron chi connectivity index (χ4n) is 0.489. The second-order valence-corrected chi connectivity index (χ2v) is 2.98. The lowest BCUT2D eigenvalue weighted by Crippen LogP contribution is -1.90. The average Bonchev–Trinajstić information content (AvgIpc) is 2.40. The van der Waals surface area contributed by atoms with Crippen molar-refractivity contribution in [1.29, 1.82) is 0 Å². The van der Waals surface area contributed by atoms with Gasteiger partial charge in [0, 0.05) is 17.5 Å². The van der Waals surface area contributed by atoms with E-state index in [0.29, 0.717) is 6.42 Å². The molecule has 3 N–H and O–H groups in total. The van der Waals surface area contributed by atoms with E-state index in [4.69, 9.17) is 10.8 Å². The highest BCUT2D eigenvalue weighted by Gasteiger charge is 1.87. The number of hydrogen-bond donors (Lipinski definition) is 2. The zero-order valence-electron chi connectivity index (χ0n) is 7.40. The number of rotatable bonds is 2. The molecule has 0 saturated carbocycles. The maximum atomic E-state index is 9.60. The molecule has 5 heteroatoms. The Morgan fingerprint density at radius 2 is 2.31 bits per heavy atom. The van der Waals surface area contributed by atoms with E-state index in [0.717, 1.165) is 12.1 Å². The maximum Gasteiger partial charge on any atom is 0.303 e. The number of carbonyl (C=O) groups is 1. The molecular weight excluding hydrogens is 210 g/mol. The van der Waals surface area contributed by atoms with Crippen LogP contribution in [0.25, 0.3) is 0 Å². The van der Waals surface area contributed by atoms with Crippen molar-refractivity contribution < 1.29 is 9.90 Å². The summed E-state index contributed by atoms with van der Waals surface area (Å²) in [6.45, 7) is 1.84. The van der Waals surface area contributed by atoms with Crippen LogP contribution in [-0.2, 0) is 4.79 Å². The summed E-state index contributed by atoms with van der Waals surface area (Å²) in [6.07, 6.45) is 1.02. The fourth-order valence-corrected chi connectivity index (χ4v) is 1.04. The van der Waals surface area contributed by atoms with Crippen LogP contribution in [0.5, 0.6) is 0 Å². The largest absolute Gasteiger partial charge is 0.481 e. The van der Waals surface area contributed by atoms with Crippen LogP contribution in [0.1, 0.15) is 19.8 Å². The molecule has 0 fully saturated rings. The first-order valence-electron chi connectivity index (χ1n) is 3.66. The van der Waals surface area contributed by atoms with E-state index in [1.165, 1.54) is 0 Å². The van der Waals surface area contributed by atoms with Crippen molar-refractivity contribution in [3.63, 3.8) is 0 Å². The van der Waals surface area contributed by atoms with E-state index >= 15 is 0 Å². The predicted octanol–water partition coefficient (Wildman–Crippen LogP) is 2.62. The third-order valence-electron chi connectivity index (χ3n) is 1.01. The summed E-state index contributed by atoms with van der Waals surface area (Å²) < 4.78 is 0. The highest BCUT2D eigenvalue weighted by Crippen LogP contribution is 2.05. The van der Waals surface area contributed by atoms with Crippen molar-refractivity contribution in [2.24, 2.45) is 0 Å². The highest BCUT2D eigenvalue weighted by atomic mass is 35.5. The Morgan fingerprint density at radius 1 is 1.69 bits per heavy atom. The van der Waals surface area contributed by atoms with Gasteiger partial charge >= 0.3 is 5.97 Å². The molecule has 3 nitrogen and oxygen atoms in total. The quantitative estimate of drug-likeness (QED) is 0.810. The third kappa shape index (κ3) is 11.3. The van der Waals surface area contributed by atoms with Gasteiger partial charge in [0.1, 0.15) is 0 Å². The highest BCUT2D eigenvalue weighted by molar-refractivity contribution is 7.08. The van der Waals surface area contributed by atoms with Gasteiger partial charge in [0.15, 0.2) is 0 Å². The molecule has 0 aliphatic heterocycles. The summed E-state index contributed by atoms with van der Waals surface area (Å²) in [7, 11) is 0. The summed E-state index contributed by atoms with van der Waals surface area (Å²) >= 11 is 1.61. The molecule has 13 heavy (non-hydrogen) atoms. The van der Waals surface area contributed by atoms with Crippen molar-refractivity contribution in [2.45, 2.75) is 19.8 Å². The Kier molecular flexibility index (Phi) is 10.6. The Bertz CT molecular complexity index is 214. The van der Waals surface area contributed by atoms with Crippen LogP contribution in [0.3, 0.4) is 0 Å². The number of halogens is 1. The van der Waals surface area contributed by atoms with Gasteiger partial charge in [-0.15, -0.1) is 12.4 Å². The number of anilines is 1. The number of carboxylic acid groups (broad SMARTS) is 1. The standard InChI is InChI=1S/C4H5NS.C4H8O2.ClH/c5-4-1-2-6-3-4;1-2-3-4(5)6;/h1-3H,5H2;2-3H2,1H3,(H,5,6);1H. The Hall–Kier alpha value is -0.740. The lowest BCUT2D eigenvalue weighted by Gasteiger charge is -1.79. The summed E-state index contributed by atoms with van der Waals surface area (Å²) in [6, 6.07) is 1.88. The molecule has 0 atom stereocenters. The van der Waals surface area contributed by atoms with Crippen molar-refractivity contribution in [2.75, 3.05) is 5.73 Å². The predicted molar refractivity (Wildman–Crippen MR) is 58.5 cm³/mol. The molecule has 1 aromatic rings. The van der Waals surface area contributed by atoms with Crippen LogP contribution in [0.15, 0.2) is 16.8 Å². The Labute approximate surface area is 88.0 Å². The van der Waals surface area contributed by atoms with Crippen LogP contribution in [0, 0.1) is 0 Å². The van der Waals surface area contributed by atoms with E-state index < -0.39 is 5.97 Å². The topological polar surface area (TPSA) is 63.3 Å². The molecule has 0 spiro atoms. The molecule has 0 saturated heterocycles. The maximum absolute atomic E-state index is 9.60. The van der Waals surface area contributed by atoms with Crippen LogP contribution in [-0.4, -0.2) is 11.1 Å². The molecule has 76 valence electrons. The molecule has 0 aromatic carbocycles. The molecule has 0 bridgehead atoms. The van der Waals surface area contributed by atoms with Gasteiger partial charge in [-0.1, -0.05) is 6.92 Å². The van der Waals surface area contributed by atoms with E-state index in [1.54, 1.807) is 11.3 Å². The molecule has 0 unspecified atom stereocenters. The first kappa shape index (κ1) is 14.8. The second kappa shape index (κ2) is 9.35. The molecular formula is C8H14ClNO2S. The van der Waals surface area contributed by atoms with Crippen LogP contribution in [0.4, 0.5) is 5.69 Å². The number of nitrogens with two attached hydrogens (primary N) is 1. The minimum Gasteiger partial charge on any atom is -0.481 e.